The number of rotatable bonds is 1. The zero-order chi connectivity index (χ0) is 16.4. The molecule has 1 heterocycles. The van der Waals surface area contributed by atoms with Gasteiger partial charge in [0.1, 0.15) is 11.8 Å². The van der Waals surface area contributed by atoms with E-state index >= 15 is 0 Å². The van der Waals surface area contributed by atoms with Crippen molar-refractivity contribution < 1.29 is 9.53 Å². The van der Waals surface area contributed by atoms with Gasteiger partial charge in [0, 0.05) is 29.7 Å². The molecule has 2 bridgehead atoms. The summed E-state index contributed by atoms with van der Waals surface area (Å²) in [5.41, 5.74) is 7.01. The molecule has 3 atom stereocenters. The summed E-state index contributed by atoms with van der Waals surface area (Å²) in [5, 5.41) is 9.67. The molecule has 1 fully saturated rings. The number of allylic oxidation sites excluding steroid dienone is 5. The Kier molecular flexibility index (Phi) is 2.85. The summed E-state index contributed by atoms with van der Waals surface area (Å²) < 4.78 is 5.76. The Morgan fingerprint density at radius 1 is 1.39 bits per heavy atom. The summed E-state index contributed by atoms with van der Waals surface area (Å²) in [7, 11) is 0. The normalized spacial score (nSPS) is 37.7. The topological polar surface area (TPSA) is 76.1 Å². The van der Waals surface area contributed by atoms with E-state index in [0.717, 1.165) is 24.8 Å². The summed E-state index contributed by atoms with van der Waals surface area (Å²) >= 11 is 0. The first-order valence-electron chi connectivity index (χ1n) is 8.38. The van der Waals surface area contributed by atoms with Crippen LogP contribution in [-0.4, -0.2) is 5.78 Å². The first kappa shape index (κ1) is 14.6. The number of hydrogen-bond donors (Lipinski definition) is 1. The lowest BCUT2D eigenvalue weighted by atomic mass is 9.62. The smallest absolute Gasteiger partial charge is 0.204 e. The second-order valence-electron chi connectivity index (χ2n) is 8.30. The lowest BCUT2D eigenvalue weighted by Gasteiger charge is -2.42. The number of ketones is 1. The molecule has 4 heteroatoms. The molecule has 4 rings (SSSR count). The van der Waals surface area contributed by atoms with E-state index in [1.807, 2.05) is 0 Å². The van der Waals surface area contributed by atoms with Crippen LogP contribution in [0.4, 0.5) is 0 Å². The van der Waals surface area contributed by atoms with E-state index in [4.69, 9.17) is 10.5 Å². The number of carbonyl (C=O) groups is 1. The maximum Gasteiger partial charge on any atom is 0.204 e. The minimum absolute atomic E-state index is 0.119. The summed E-state index contributed by atoms with van der Waals surface area (Å²) in [4.78, 5) is 12.9. The molecule has 1 aliphatic heterocycles. The molecule has 3 aliphatic carbocycles. The summed E-state index contributed by atoms with van der Waals surface area (Å²) in [6.07, 6.45) is 8.87. The Bertz CT molecular complexity index is 735. The monoisotopic (exact) mass is 310 g/mol. The molecule has 0 radical (unpaired) electrons. The predicted molar refractivity (Wildman–Crippen MR) is 85.4 cm³/mol. The Morgan fingerprint density at radius 2 is 2.17 bits per heavy atom. The van der Waals surface area contributed by atoms with E-state index in [1.54, 1.807) is 0 Å². The molecule has 2 N–H and O–H groups in total. The van der Waals surface area contributed by atoms with Crippen molar-refractivity contribution >= 4 is 5.78 Å². The van der Waals surface area contributed by atoms with E-state index in [9.17, 15) is 10.1 Å². The minimum Gasteiger partial charge on any atom is -0.444 e. The number of nitrogens with two attached hydrogens (primary N) is 1. The van der Waals surface area contributed by atoms with Crippen LogP contribution < -0.4 is 5.73 Å². The van der Waals surface area contributed by atoms with Gasteiger partial charge >= 0.3 is 0 Å². The van der Waals surface area contributed by atoms with Gasteiger partial charge in [-0.15, -0.1) is 0 Å². The van der Waals surface area contributed by atoms with Gasteiger partial charge in [-0.1, -0.05) is 26.0 Å². The van der Waals surface area contributed by atoms with E-state index in [0.29, 0.717) is 30.1 Å². The zero-order valence-electron chi connectivity index (χ0n) is 13.7. The van der Waals surface area contributed by atoms with Crippen LogP contribution in [0, 0.1) is 34.0 Å². The molecule has 0 amide bonds. The van der Waals surface area contributed by atoms with E-state index < -0.39 is 0 Å². The molecule has 4 aliphatic rings. The van der Waals surface area contributed by atoms with Crippen LogP contribution in [0.15, 0.2) is 34.9 Å². The molecule has 1 saturated carbocycles. The number of Topliss-reactive ketones (excluding diaryl/α,β-unsaturated/α-hetero) is 1. The fourth-order valence-corrected chi connectivity index (χ4v) is 5.01. The predicted octanol–water partition coefficient (Wildman–Crippen LogP) is 3.33. The van der Waals surface area contributed by atoms with Crippen LogP contribution >= 0.6 is 0 Å². The van der Waals surface area contributed by atoms with Crippen molar-refractivity contribution in [1.29, 1.82) is 5.26 Å². The second kappa shape index (κ2) is 4.50. The highest BCUT2D eigenvalue weighted by molar-refractivity contribution is 5.99. The number of hydrogen-bond acceptors (Lipinski definition) is 4. The Hall–Kier alpha value is -2.02. The highest BCUT2D eigenvalue weighted by Crippen LogP contribution is 2.60. The second-order valence-corrected chi connectivity index (χ2v) is 8.30. The average molecular weight is 310 g/mol. The van der Waals surface area contributed by atoms with Crippen LogP contribution in [0.25, 0.3) is 0 Å². The van der Waals surface area contributed by atoms with Crippen molar-refractivity contribution in [2.45, 2.75) is 46.0 Å². The van der Waals surface area contributed by atoms with Gasteiger partial charge in [0.15, 0.2) is 5.78 Å². The maximum absolute atomic E-state index is 12.9. The van der Waals surface area contributed by atoms with Crippen molar-refractivity contribution in [2.75, 3.05) is 0 Å². The Labute approximate surface area is 136 Å². The van der Waals surface area contributed by atoms with Gasteiger partial charge in [-0.05, 0) is 30.6 Å². The van der Waals surface area contributed by atoms with Crippen LogP contribution in [0.2, 0.25) is 0 Å². The van der Waals surface area contributed by atoms with E-state index in [1.165, 1.54) is 0 Å². The third-order valence-electron chi connectivity index (χ3n) is 5.97. The fraction of sp³-hybridized carbons (Fsp3) is 0.579. The largest absolute Gasteiger partial charge is 0.444 e. The summed E-state index contributed by atoms with van der Waals surface area (Å²) in [6.45, 7) is 4.15. The summed E-state index contributed by atoms with van der Waals surface area (Å²) in [5.74, 6) is 1.38. The molecule has 120 valence electrons. The SMILES string of the molecule is CC1(C)CC(=O)C2=C(C1)OC(N)=C(C#N)C2C12C=CC(CC1)C2. The molecule has 0 spiro atoms. The van der Waals surface area contributed by atoms with Gasteiger partial charge < -0.3 is 10.5 Å². The molecule has 0 aromatic carbocycles. The lowest BCUT2D eigenvalue weighted by molar-refractivity contribution is -0.119. The molecular formula is C19H22N2O2. The maximum atomic E-state index is 12.9. The van der Waals surface area contributed by atoms with Crippen molar-refractivity contribution in [3.63, 3.8) is 0 Å². The molecule has 0 aromatic rings. The van der Waals surface area contributed by atoms with Crippen LogP contribution in [0.5, 0.6) is 0 Å². The van der Waals surface area contributed by atoms with E-state index in [-0.39, 0.29) is 28.4 Å². The number of carbonyl (C=O) groups excluding carboxylic acids is 1. The van der Waals surface area contributed by atoms with Gasteiger partial charge in [-0.25, -0.2) is 0 Å². The van der Waals surface area contributed by atoms with Crippen molar-refractivity contribution in [2.24, 2.45) is 28.4 Å². The standard InChI is InChI=1S/C19H22N2O2/c1-18(2)8-13(22)15-14(9-18)23-17(21)12(10-20)16(15)19-5-3-11(7-19)4-6-19/h3,5,11,16H,4,6-9,21H2,1-2H3. The molecule has 0 aromatic heterocycles. The number of ether oxygens (including phenoxy) is 1. The molecule has 3 unspecified atom stereocenters. The molecule has 23 heavy (non-hydrogen) atoms. The Balaban J connectivity index is 1.87. The van der Waals surface area contributed by atoms with Crippen LogP contribution in [0.1, 0.15) is 46.0 Å². The van der Waals surface area contributed by atoms with Crippen molar-refractivity contribution in [1.82, 2.24) is 0 Å². The Morgan fingerprint density at radius 3 is 2.74 bits per heavy atom. The fourth-order valence-electron chi connectivity index (χ4n) is 5.01. The van der Waals surface area contributed by atoms with Gasteiger partial charge in [-0.2, -0.15) is 5.26 Å². The van der Waals surface area contributed by atoms with Gasteiger partial charge in [-0.3, -0.25) is 4.79 Å². The first-order chi connectivity index (χ1) is 10.9. The van der Waals surface area contributed by atoms with Crippen LogP contribution in [0.3, 0.4) is 0 Å². The number of nitrogens with zero attached hydrogens (tertiary/aromatic N) is 1. The number of fused-ring (bicyclic) bond motifs is 2. The number of nitriles is 1. The third-order valence-corrected chi connectivity index (χ3v) is 5.97. The molecule has 4 nitrogen and oxygen atoms in total. The average Bonchev–Trinajstić information content (AvgIpc) is 3.06. The van der Waals surface area contributed by atoms with Gasteiger partial charge in [0.2, 0.25) is 5.88 Å². The van der Waals surface area contributed by atoms with Gasteiger partial charge in [0.05, 0.1) is 5.57 Å². The van der Waals surface area contributed by atoms with Gasteiger partial charge in [0.25, 0.3) is 0 Å². The van der Waals surface area contributed by atoms with E-state index in [2.05, 4.69) is 32.1 Å². The first-order valence-corrected chi connectivity index (χ1v) is 8.38. The quantitative estimate of drug-likeness (QED) is 0.754. The molecular weight excluding hydrogens is 288 g/mol. The summed E-state index contributed by atoms with van der Waals surface area (Å²) in [6, 6.07) is 2.24. The zero-order valence-corrected chi connectivity index (χ0v) is 13.7. The molecule has 0 saturated heterocycles. The highest BCUT2D eigenvalue weighted by atomic mass is 16.5. The van der Waals surface area contributed by atoms with Crippen LogP contribution in [-0.2, 0) is 9.53 Å². The third kappa shape index (κ3) is 1.99. The lowest BCUT2D eigenvalue weighted by Crippen LogP contribution is -2.40. The highest BCUT2D eigenvalue weighted by Gasteiger charge is 2.54. The van der Waals surface area contributed by atoms with Crippen molar-refractivity contribution in [3.05, 3.63) is 34.9 Å². The minimum atomic E-state index is -0.219. The van der Waals surface area contributed by atoms with Crippen molar-refractivity contribution in [3.8, 4) is 6.07 Å².